The maximum Gasteiger partial charge on any atom is 0.241 e. The summed E-state index contributed by atoms with van der Waals surface area (Å²) >= 11 is 5.22. The van der Waals surface area contributed by atoms with Crippen molar-refractivity contribution in [3.8, 4) is 0 Å². The number of hydrogen-bond donors (Lipinski definition) is 2. The number of halogens is 1. The Morgan fingerprint density at radius 3 is 2.38 bits per heavy atom. The number of nitrogens with two attached hydrogens (primary N) is 1. The second kappa shape index (κ2) is 7.64. The minimum Gasteiger partial charge on any atom is -0.294 e. The SMILES string of the molecule is CC(C(=O)NN)c1ccc(CSc2ccc(Br)cc2)cc1. The largest absolute Gasteiger partial charge is 0.294 e. The van der Waals surface area contributed by atoms with E-state index in [2.05, 4.69) is 45.6 Å². The fourth-order valence-corrected chi connectivity index (χ4v) is 3.00. The van der Waals surface area contributed by atoms with Crippen molar-refractivity contribution in [1.29, 1.82) is 0 Å². The van der Waals surface area contributed by atoms with Gasteiger partial charge in [-0.05, 0) is 42.3 Å². The monoisotopic (exact) mass is 364 g/mol. The molecule has 0 bridgehead atoms. The zero-order valence-electron chi connectivity index (χ0n) is 11.7. The molecule has 0 aromatic heterocycles. The third-order valence-corrected chi connectivity index (χ3v) is 4.85. The van der Waals surface area contributed by atoms with Gasteiger partial charge >= 0.3 is 0 Å². The van der Waals surface area contributed by atoms with E-state index >= 15 is 0 Å². The lowest BCUT2D eigenvalue weighted by Crippen LogP contribution is -2.33. The van der Waals surface area contributed by atoms with Gasteiger partial charge in [-0.3, -0.25) is 10.2 Å². The Morgan fingerprint density at radius 2 is 1.81 bits per heavy atom. The molecule has 2 rings (SSSR count). The van der Waals surface area contributed by atoms with Crippen LogP contribution in [0.5, 0.6) is 0 Å². The zero-order valence-corrected chi connectivity index (χ0v) is 14.1. The van der Waals surface area contributed by atoms with E-state index in [4.69, 9.17) is 5.84 Å². The van der Waals surface area contributed by atoms with Crippen LogP contribution >= 0.6 is 27.7 Å². The first-order valence-corrected chi connectivity index (χ1v) is 8.35. The molecule has 110 valence electrons. The second-order valence-electron chi connectivity index (χ2n) is 4.71. The van der Waals surface area contributed by atoms with Gasteiger partial charge in [-0.2, -0.15) is 0 Å². The van der Waals surface area contributed by atoms with Crippen LogP contribution in [0.1, 0.15) is 24.0 Å². The Bertz CT molecular complexity index is 599. The van der Waals surface area contributed by atoms with Crippen LogP contribution in [0.25, 0.3) is 0 Å². The van der Waals surface area contributed by atoms with E-state index in [0.717, 1.165) is 15.8 Å². The Labute approximate surface area is 137 Å². The highest BCUT2D eigenvalue weighted by Crippen LogP contribution is 2.25. The normalized spacial score (nSPS) is 12.0. The number of carbonyl (C=O) groups is 1. The van der Waals surface area contributed by atoms with E-state index in [0.29, 0.717) is 0 Å². The molecule has 1 atom stereocenters. The number of benzene rings is 2. The Balaban J connectivity index is 1.96. The molecule has 0 aliphatic carbocycles. The average molecular weight is 365 g/mol. The third kappa shape index (κ3) is 4.59. The molecule has 5 heteroatoms. The molecule has 1 amide bonds. The predicted molar refractivity (Wildman–Crippen MR) is 90.9 cm³/mol. The summed E-state index contributed by atoms with van der Waals surface area (Å²) in [6.07, 6.45) is 0. The Morgan fingerprint density at radius 1 is 1.19 bits per heavy atom. The van der Waals surface area contributed by atoms with Gasteiger partial charge < -0.3 is 0 Å². The number of carbonyl (C=O) groups excluding carboxylic acids is 1. The molecular weight excluding hydrogens is 348 g/mol. The molecule has 21 heavy (non-hydrogen) atoms. The van der Waals surface area contributed by atoms with Crippen molar-refractivity contribution in [2.24, 2.45) is 5.84 Å². The van der Waals surface area contributed by atoms with Gasteiger partial charge in [-0.25, -0.2) is 5.84 Å². The number of hydrazine groups is 1. The van der Waals surface area contributed by atoms with Gasteiger partial charge in [-0.1, -0.05) is 40.2 Å². The molecule has 3 N–H and O–H groups in total. The maximum atomic E-state index is 11.5. The van der Waals surface area contributed by atoms with Crippen molar-refractivity contribution >= 4 is 33.6 Å². The van der Waals surface area contributed by atoms with Crippen molar-refractivity contribution in [3.05, 3.63) is 64.1 Å². The third-order valence-electron chi connectivity index (χ3n) is 3.23. The van der Waals surface area contributed by atoms with Crippen molar-refractivity contribution in [1.82, 2.24) is 5.43 Å². The summed E-state index contributed by atoms with van der Waals surface area (Å²) < 4.78 is 1.09. The Kier molecular flexibility index (Phi) is 5.85. The van der Waals surface area contributed by atoms with E-state index in [1.165, 1.54) is 10.5 Å². The van der Waals surface area contributed by atoms with Crippen molar-refractivity contribution in [2.75, 3.05) is 0 Å². The molecule has 1 unspecified atom stereocenters. The van der Waals surface area contributed by atoms with E-state index in [-0.39, 0.29) is 11.8 Å². The minimum atomic E-state index is -0.233. The second-order valence-corrected chi connectivity index (χ2v) is 6.68. The summed E-state index contributed by atoms with van der Waals surface area (Å²) in [5.74, 6) is 5.65. The van der Waals surface area contributed by atoms with Crippen LogP contribution in [0.15, 0.2) is 57.9 Å². The molecule has 2 aromatic carbocycles. The summed E-state index contributed by atoms with van der Waals surface area (Å²) in [7, 11) is 0. The lowest BCUT2D eigenvalue weighted by atomic mass is 9.99. The number of nitrogens with one attached hydrogen (secondary N) is 1. The summed E-state index contributed by atoms with van der Waals surface area (Å²) in [4.78, 5) is 12.7. The predicted octanol–water partition coefficient (Wildman–Crippen LogP) is 3.83. The summed E-state index contributed by atoms with van der Waals surface area (Å²) in [5, 5.41) is 0. The molecule has 0 fully saturated rings. The standard InChI is InChI=1S/C16H17BrN2OS/c1-11(16(20)19-18)13-4-2-12(3-5-13)10-21-15-8-6-14(17)7-9-15/h2-9,11H,10,18H2,1H3,(H,19,20). The van der Waals surface area contributed by atoms with Crippen molar-refractivity contribution in [2.45, 2.75) is 23.5 Å². The van der Waals surface area contributed by atoms with E-state index in [1.807, 2.05) is 31.2 Å². The topological polar surface area (TPSA) is 55.1 Å². The molecule has 0 aliphatic heterocycles. The van der Waals surface area contributed by atoms with Gasteiger partial charge in [0, 0.05) is 15.1 Å². The van der Waals surface area contributed by atoms with E-state index < -0.39 is 0 Å². The van der Waals surface area contributed by atoms with Crippen molar-refractivity contribution in [3.63, 3.8) is 0 Å². The molecule has 0 radical (unpaired) electrons. The highest BCUT2D eigenvalue weighted by atomic mass is 79.9. The highest BCUT2D eigenvalue weighted by molar-refractivity contribution is 9.10. The van der Waals surface area contributed by atoms with Crippen LogP contribution in [0.4, 0.5) is 0 Å². The first-order valence-electron chi connectivity index (χ1n) is 6.58. The summed E-state index contributed by atoms with van der Waals surface area (Å²) in [6, 6.07) is 16.3. The van der Waals surface area contributed by atoms with Gasteiger partial charge in [0.05, 0.1) is 5.92 Å². The van der Waals surface area contributed by atoms with Gasteiger partial charge in [0.2, 0.25) is 5.91 Å². The maximum absolute atomic E-state index is 11.5. The summed E-state index contributed by atoms with van der Waals surface area (Å²) in [6.45, 7) is 1.84. The van der Waals surface area contributed by atoms with E-state index in [9.17, 15) is 4.79 Å². The lowest BCUT2D eigenvalue weighted by Gasteiger charge is -2.10. The lowest BCUT2D eigenvalue weighted by molar-refractivity contribution is -0.122. The van der Waals surface area contributed by atoms with Crippen LogP contribution in [0, 0.1) is 0 Å². The van der Waals surface area contributed by atoms with Gasteiger partial charge in [0.1, 0.15) is 0 Å². The smallest absolute Gasteiger partial charge is 0.241 e. The highest BCUT2D eigenvalue weighted by Gasteiger charge is 2.13. The zero-order chi connectivity index (χ0) is 15.2. The number of amides is 1. The number of hydrogen-bond acceptors (Lipinski definition) is 3. The minimum absolute atomic E-state index is 0.174. The van der Waals surface area contributed by atoms with Crippen molar-refractivity contribution < 1.29 is 4.79 Å². The van der Waals surface area contributed by atoms with E-state index in [1.54, 1.807) is 11.8 Å². The van der Waals surface area contributed by atoms with Crippen LogP contribution in [-0.2, 0) is 10.5 Å². The quantitative estimate of drug-likeness (QED) is 0.366. The van der Waals surface area contributed by atoms with Crippen LogP contribution in [0.3, 0.4) is 0 Å². The Hall–Kier alpha value is -1.30. The van der Waals surface area contributed by atoms with Crippen LogP contribution < -0.4 is 11.3 Å². The number of thioether (sulfide) groups is 1. The fourth-order valence-electron chi connectivity index (χ4n) is 1.88. The first kappa shape index (κ1) is 16.1. The van der Waals surface area contributed by atoms with Crippen LogP contribution in [0.2, 0.25) is 0 Å². The molecule has 0 saturated heterocycles. The fraction of sp³-hybridized carbons (Fsp3) is 0.188. The molecule has 3 nitrogen and oxygen atoms in total. The summed E-state index contributed by atoms with van der Waals surface area (Å²) in [5.41, 5.74) is 4.38. The molecule has 0 aliphatic rings. The van der Waals surface area contributed by atoms with Gasteiger partial charge in [0.25, 0.3) is 0 Å². The molecular formula is C16H17BrN2OS. The molecule has 2 aromatic rings. The van der Waals surface area contributed by atoms with Gasteiger partial charge in [0.15, 0.2) is 0 Å². The molecule has 0 spiro atoms. The van der Waals surface area contributed by atoms with Crippen LogP contribution in [-0.4, -0.2) is 5.91 Å². The molecule has 0 saturated carbocycles. The first-order chi connectivity index (χ1) is 10.1. The number of rotatable bonds is 5. The molecule has 0 heterocycles. The van der Waals surface area contributed by atoms with Gasteiger partial charge in [-0.15, -0.1) is 11.8 Å². The average Bonchev–Trinajstić information content (AvgIpc) is 2.53.